The number of aliphatic hydroxyl groups excluding tert-OH is 1. The van der Waals surface area contributed by atoms with Gasteiger partial charge in [-0.3, -0.25) is 9.69 Å². The lowest BCUT2D eigenvalue weighted by Crippen LogP contribution is -2.35. The summed E-state index contributed by atoms with van der Waals surface area (Å²) in [6.07, 6.45) is 0.501. The molecule has 1 aliphatic carbocycles. The molecule has 1 saturated heterocycles. The average molecular weight is 251 g/mol. The van der Waals surface area contributed by atoms with E-state index in [0.717, 1.165) is 22.6 Å². The van der Waals surface area contributed by atoms with Crippen molar-refractivity contribution in [1.82, 2.24) is 10.1 Å². The number of aromatic nitrogens is 1. The zero-order chi connectivity index (χ0) is 13.1. The van der Waals surface area contributed by atoms with Crippen molar-refractivity contribution in [1.29, 1.82) is 0 Å². The number of anilines is 1. The first kappa shape index (κ1) is 11.2. The molecule has 1 unspecified atom stereocenters. The molecule has 1 saturated carbocycles. The number of carbonyl (C=O) groups is 2. The van der Waals surface area contributed by atoms with Crippen molar-refractivity contribution in [2.75, 3.05) is 11.9 Å². The lowest BCUT2D eigenvalue weighted by molar-refractivity contribution is -0.132. The number of urea groups is 1. The van der Waals surface area contributed by atoms with Crippen molar-refractivity contribution >= 4 is 17.8 Å². The van der Waals surface area contributed by atoms with Crippen LogP contribution in [0.5, 0.6) is 0 Å². The number of nitrogens with zero attached hydrogens (tertiary/aromatic N) is 3. The van der Waals surface area contributed by atoms with Gasteiger partial charge in [0.25, 0.3) is 5.91 Å². The van der Waals surface area contributed by atoms with Gasteiger partial charge in [0.05, 0.1) is 0 Å². The van der Waals surface area contributed by atoms with Crippen LogP contribution in [0.4, 0.5) is 10.6 Å². The summed E-state index contributed by atoms with van der Waals surface area (Å²) in [7, 11) is 1.32. The third-order valence-electron chi connectivity index (χ3n) is 3.63. The first-order chi connectivity index (χ1) is 8.44. The summed E-state index contributed by atoms with van der Waals surface area (Å²) in [5.74, 6) is 0.190. The van der Waals surface area contributed by atoms with Crippen LogP contribution in [0, 0.1) is 0 Å². The Kier molecular flexibility index (Phi) is 2.07. The number of likely N-dealkylation sites (N-methyl/N-ethyl adjacent to an activating group) is 1. The fourth-order valence-corrected chi connectivity index (χ4v) is 1.97. The first-order valence-electron chi connectivity index (χ1n) is 5.70. The van der Waals surface area contributed by atoms with Crippen molar-refractivity contribution < 1.29 is 19.2 Å². The second-order valence-corrected chi connectivity index (χ2v) is 5.03. The lowest BCUT2D eigenvalue weighted by atomic mass is 10.1. The molecule has 1 atom stereocenters. The van der Waals surface area contributed by atoms with Crippen LogP contribution < -0.4 is 4.90 Å². The predicted octanol–water partition coefficient (Wildman–Crippen LogP) is 0.443. The molecule has 1 N–H and O–H groups in total. The standard InChI is InChI=1S/C11H13N3O4/c1-11(3-4-11)6-5-7(12-18-6)14-9(16)8(15)13(2)10(14)17/h5,9,16H,3-4H2,1-2H3. The van der Waals surface area contributed by atoms with Gasteiger partial charge in [0, 0.05) is 18.5 Å². The van der Waals surface area contributed by atoms with E-state index in [1.807, 2.05) is 6.92 Å². The molecular formula is C11H13N3O4. The molecule has 1 aromatic rings. The van der Waals surface area contributed by atoms with Gasteiger partial charge in [-0.1, -0.05) is 12.1 Å². The highest BCUT2D eigenvalue weighted by atomic mass is 16.5. The smallest absolute Gasteiger partial charge is 0.334 e. The molecule has 96 valence electrons. The Morgan fingerprint density at radius 3 is 2.67 bits per heavy atom. The van der Waals surface area contributed by atoms with E-state index in [0.29, 0.717) is 5.76 Å². The van der Waals surface area contributed by atoms with Crippen LogP contribution >= 0.6 is 0 Å². The zero-order valence-corrected chi connectivity index (χ0v) is 10.1. The van der Waals surface area contributed by atoms with Crippen molar-refractivity contribution in [3.8, 4) is 0 Å². The monoisotopic (exact) mass is 251 g/mol. The number of hydrogen-bond acceptors (Lipinski definition) is 5. The molecule has 3 amide bonds. The molecule has 0 spiro atoms. The summed E-state index contributed by atoms with van der Waals surface area (Å²) in [4.78, 5) is 25.1. The number of rotatable bonds is 2. The molecular weight excluding hydrogens is 238 g/mol. The van der Waals surface area contributed by atoms with Crippen LogP contribution in [0.1, 0.15) is 25.5 Å². The average Bonchev–Trinajstić information content (AvgIpc) is 2.85. The molecule has 0 aromatic carbocycles. The van der Waals surface area contributed by atoms with Crippen LogP contribution in [0.2, 0.25) is 0 Å². The van der Waals surface area contributed by atoms with E-state index in [9.17, 15) is 14.7 Å². The van der Waals surface area contributed by atoms with Gasteiger partial charge in [-0.2, -0.15) is 0 Å². The van der Waals surface area contributed by atoms with Crippen LogP contribution in [0.15, 0.2) is 10.6 Å². The minimum Gasteiger partial charge on any atom is -0.365 e. The third-order valence-corrected chi connectivity index (χ3v) is 3.63. The highest BCUT2D eigenvalue weighted by Gasteiger charge is 2.47. The lowest BCUT2D eigenvalue weighted by Gasteiger charge is -2.12. The van der Waals surface area contributed by atoms with Crippen LogP contribution in [-0.4, -0.2) is 40.4 Å². The Labute approximate surface area is 103 Å². The Bertz CT molecular complexity index is 534. The topological polar surface area (TPSA) is 86.9 Å². The molecule has 2 aliphatic rings. The number of imide groups is 1. The number of hydrogen-bond donors (Lipinski definition) is 1. The number of amides is 3. The Morgan fingerprint density at radius 2 is 2.17 bits per heavy atom. The molecule has 18 heavy (non-hydrogen) atoms. The van der Waals surface area contributed by atoms with Gasteiger partial charge in [-0.25, -0.2) is 9.69 Å². The highest BCUT2D eigenvalue weighted by Crippen LogP contribution is 2.48. The summed E-state index contributed by atoms with van der Waals surface area (Å²) in [6.45, 7) is 2.04. The SMILES string of the molecule is CN1C(=O)C(O)N(c2cc(C3(C)CC3)on2)C1=O. The van der Waals surface area contributed by atoms with E-state index in [1.54, 1.807) is 6.07 Å². The van der Waals surface area contributed by atoms with Gasteiger partial charge >= 0.3 is 6.03 Å². The van der Waals surface area contributed by atoms with E-state index >= 15 is 0 Å². The van der Waals surface area contributed by atoms with E-state index in [2.05, 4.69) is 5.16 Å². The van der Waals surface area contributed by atoms with Gasteiger partial charge in [0.2, 0.25) is 6.23 Å². The zero-order valence-electron chi connectivity index (χ0n) is 10.1. The van der Waals surface area contributed by atoms with Crippen molar-refractivity contribution in [3.05, 3.63) is 11.8 Å². The summed E-state index contributed by atoms with van der Waals surface area (Å²) in [5, 5.41) is 13.5. The summed E-state index contributed by atoms with van der Waals surface area (Å²) in [6, 6.07) is 1.01. The third kappa shape index (κ3) is 1.37. The van der Waals surface area contributed by atoms with E-state index in [4.69, 9.17) is 4.52 Å². The van der Waals surface area contributed by atoms with E-state index in [1.165, 1.54) is 7.05 Å². The van der Waals surface area contributed by atoms with Crippen LogP contribution in [0.25, 0.3) is 0 Å². The maximum Gasteiger partial charge on any atom is 0.334 e. The van der Waals surface area contributed by atoms with E-state index < -0.39 is 18.2 Å². The molecule has 7 heteroatoms. The van der Waals surface area contributed by atoms with Crippen LogP contribution in [-0.2, 0) is 10.2 Å². The molecule has 0 radical (unpaired) electrons. The molecule has 1 aliphatic heterocycles. The summed E-state index contributed by atoms with van der Waals surface area (Å²) in [5.41, 5.74) is -0.0190. The minimum absolute atomic E-state index is 0.0190. The van der Waals surface area contributed by atoms with Gasteiger partial charge in [0.15, 0.2) is 5.82 Å². The maximum atomic E-state index is 11.8. The molecule has 1 aromatic heterocycles. The summed E-state index contributed by atoms with van der Waals surface area (Å²) < 4.78 is 5.19. The molecule has 3 rings (SSSR count). The quantitative estimate of drug-likeness (QED) is 0.771. The largest absolute Gasteiger partial charge is 0.365 e. The Morgan fingerprint density at radius 1 is 1.50 bits per heavy atom. The first-order valence-corrected chi connectivity index (χ1v) is 5.70. The molecule has 2 fully saturated rings. The van der Waals surface area contributed by atoms with Crippen LogP contribution in [0.3, 0.4) is 0 Å². The van der Waals surface area contributed by atoms with Crippen molar-refractivity contribution in [3.63, 3.8) is 0 Å². The minimum atomic E-state index is -1.52. The van der Waals surface area contributed by atoms with Crippen molar-refractivity contribution in [2.45, 2.75) is 31.4 Å². The van der Waals surface area contributed by atoms with Gasteiger partial charge < -0.3 is 9.63 Å². The van der Waals surface area contributed by atoms with Crippen molar-refractivity contribution in [2.24, 2.45) is 0 Å². The predicted molar refractivity (Wildman–Crippen MR) is 59.7 cm³/mol. The van der Waals surface area contributed by atoms with Gasteiger partial charge in [-0.05, 0) is 12.8 Å². The Balaban J connectivity index is 1.93. The molecule has 7 nitrogen and oxygen atoms in total. The fraction of sp³-hybridized carbons (Fsp3) is 0.545. The second-order valence-electron chi connectivity index (χ2n) is 5.03. The number of carbonyl (C=O) groups excluding carboxylic acids is 2. The normalized spacial score (nSPS) is 26.1. The fourth-order valence-electron chi connectivity index (χ4n) is 1.97. The second kappa shape index (κ2) is 3.32. The number of aliphatic hydroxyl groups is 1. The van der Waals surface area contributed by atoms with Gasteiger partial charge in [-0.15, -0.1) is 0 Å². The summed E-state index contributed by atoms with van der Waals surface area (Å²) >= 11 is 0. The molecule has 0 bridgehead atoms. The maximum absolute atomic E-state index is 11.8. The Hall–Kier alpha value is -1.89. The molecule has 2 heterocycles. The highest BCUT2D eigenvalue weighted by molar-refractivity contribution is 6.12. The van der Waals surface area contributed by atoms with E-state index in [-0.39, 0.29) is 11.2 Å². The van der Waals surface area contributed by atoms with Gasteiger partial charge in [0.1, 0.15) is 5.76 Å².